The van der Waals surface area contributed by atoms with Gasteiger partial charge in [-0.2, -0.15) is 0 Å². The van der Waals surface area contributed by atoms with Crippen molar-refractivity contribution in [2.75, 3.05) is 31.5 Å². The van der Waals surface area contributed by atoms with Crippen molar-refractivity contribution in [3.8, 4) is 0 Å². The molecule has 0 spiro atoms. The van der Waals surface area contributed by atoms with E-state index in [4.69, 9.17) is 11.6 Å². The number of aryl methyl sites for hydroxylation is 3. The first-order valence-electron chi connectivity index (χ1n) is 9.82. The third-order valence-corrected chi connectivity index (χ3v) is 7.08. The number of benzene rings is 1. The lowest BCUT2D eigenvalue weighted by molar-refractivity contribution is 0.0676. The van der Waals surface area contributed by atoms with Gasteiger partial charge in [-0.1, -0.05) is 17.7 Å². The van der Waals surface area contributed by atoms with Crippen LogP contribution in [0.15, 0.2) is 29.3 Å². The normalized spacial score (nSPS) is 14.2. The lowest BCUT2D eigenvalue weighted by Crippen LogP contribution is -2.51. The molecule has 0 radical (unpaired) electrons. The molecule has 0 unspecified atom stereocenters. The second-order valence-electron chi connectivity index (χ2n) is 7.57. The Hall–Kier alpha value is -2.91. The number of thiophene rings is 1. The van der Waals surface area contributed by atoms with Gasteiger partial charge in [0.05, 0.1) is 16.6 Å². The molecule has 1 N–H and O–H groups in total. The number of nitrogens with zero attached hydrogens (tertiary/aromatic N) is 4. The van der Waals surface area contributed by atoms with E-state index in [2.05, 4.69) is 10.3 Å². The lowest BCUT2D eigenvalue weighted by atomic mass is 10.2. The molecule has 3 aromatic rings. The van der Waals surface area contributed by atoms with Gasteiger partial charge in [0.2, 0.25) is 0 Å². The summed E-state index contributed by atoms with van der Waals surface area (Å²) >= 11 is 7.36. The molecule has 2 aromatic heterocycles. The second kappa shape index (κ2) is 8.32. The van der Waals surface area contributed by atoms with Crippen molar-refractivity contribution in [2.45, 2.75) is 13.8 Å². The topological polar surface area (TPSA) is 87.5 Å². The second-order valence-corrected chi connectivity index (χ2v) is 8.98. The van der Waals surface area contributed by atoms with E-state index in [-0.39, 0.29) is 17.5 Å². The van der Waals surface area contributed by atoms with Crippen molar-refractivity contribution in [2.24, 2.45) is 7.05 Å². The quantitative estimate of drug-likeness (QED) is 0.637. The molecule has 1 aromatic carbocycles. The van der Waals surface area contributed by atoms with Crippen molar-refractivity contribution in [1.82, 2.24) is 19.4 Å². The number of carbonyl (C=O) groups is 2. The summed E-state index contributed by atoms with van der Waals surface area (Å²) in [4.78, 5) is 46.8. The van der Waals surface area contributed by atoms with Crippen LogP contribution in [0.3, 0.4) is 0 Å². The highest BCUT2D eigenvalue weighted by molar-refractivity contribution is 7.20. The lowest BCUT2D eigenvalue weighted by Gasteiger charge is -2.34. The standard InChI is InChI=1S/C21H22ClN5O3S/c1-12-4-5-14(10-15(12)22)24-21(30)27-8-6-26(7-9-27)20(29)17-13(2)16-18(31-17)23-11-25(3)19(16)28/h4-5,10-11H,6-9H2,1-3H3,(H,24,30). The largest absolute Gasteiger partial charge is 0.334 e. The third kappa shape index (κ3) is 4.03. The van der Waals surface area contributed by atoms with E-state index in [1.165, 1.54) is 22.2 Å². The van der Waals surface area contributed by atoms with Crippen LogP contribution in [-0.2, 0) is 7.05 Å². The van der Waals surface area contributed by atoms with Gasteiger partial charge >= 0.3 is 6.03 Å². The van der Waals surface area contributed by atoms with Gasteiger partial charge in [-0.05, 0) is 37.1 Å². The SMILES string of the molecule is Cc1ccc(NC(=O)N2CCN(C(=O)c3sc4ncn(C)c(=O)c4c3C)CC2)cc1Cl. The fraction of sp³-hybridized carbons (Fsp3) is 0.333. The van der Waals surface area contributed by atoms with Crippen molar-refractivity contribution in [3.05, 3.63) is 55.9 Å². The number of hydrogen-bond donors (Lipinski definition) is 1. The number of carbonyl (C=O) groups excluding carboxylic acids is 2. The van der Waals surface area contributed by atoms with Crippen LogP contribution in [0.1, 0.15) is 20.8 Å². The molecular weight excluding hydrogens is 438 g/mol. The Kier molecular flexibility index (Phi) is 5.72. The van der Waals surface area contributed by atoms with Gasteiger partial charge in [0.25, 0.3) is 11.5 Å². The molecule has 1 saturated heterocycles. The summed E-state index contributed by atoms with van der Waals surface area (Å²) in [5.74, 6) is -0.132. The fourth-order valence-corrected chi connectivity index (χ4v) is 4.83. The monoisotopic (exact) mass is 459 g/mol. The van der Waals surface area contributed by atoms with Gasteiger partial charge in [0.15, 0.2) is 0 Å². The van der Waals surface area contributed by atoms with E-state index < -0.39 is 0 Å². The molecule has 0 aliphatic carbocycles. The average molecular weight is 460 g/mol. The van der Waals surface area contributed by atoms with Crippen molar-refractivity contribution in [3.63, 3.8) is 0 Å². The number of rotatable bonds is 2. The highest BCUT2D eigenvalue weighted by atomic mass is 35.5. The molecule has 31 heavy (non-hydrogen) atoms. The summed E-state index contributed by atoms with van der Waals surface area (Å²) in [7, 11) is 1.64. The predicted octanol–water partition coefficient (Wildman–Crippen LogP) is 3.26. The molecule has 0 saturated carbocycles. The number of fused-ring (bicyclic) bond motifs is 1. The van der Waals surface area contributed by atoms with Crippen molar-refractivity contribution >= 4 is 50.8 Å². The molecule has 0 bridgehead atoms. The third-order valence-electron chi connectivity index (χ3n) is 5.48. The summed E-state index contributed by atoms with van der Waals surface area (Å²) in [6.07, 6.45) is 1.47. The molecule has 0 atom stereocenters. The average Bonchev–Trinajstić information content (AvgIpc) is 3.10. The van der Waals surface area contributed by atoms with E-state index >= 15 is 0 Å². The van der Waals surface area contributed by atoms with Gasteiger partial charge in [-0.15, -0.1) is 11.3 Å². The predicted molar refractivity (Wildman–Crippen MR) is 122 cm³/mol. The summed E-state index contributed by atoms with van der Waals surface area (Å²) in [5.41, 5.74) is 2.08. The van der Waals surface area contributed by atoms with Gasteiger partial charge in [-0.25, -0.2) is 9.78 Å². The Bertz CT molecular complexity index is 1240. The number of hydrogen-bond acceptors (Lipinski definition) is 5. The van der Waals surface area contributed by atoms with Gasteiger partial charge in [0.1, 0.15) is 4.83 Å². The number of anilines is 1. The minimum absolute atomic E-state index is 0.132. The minimum Gasteiger partial charge on any atom is -0.334 e. The Balaban J connectivity index is 1.43. The number of piperazine rings is 1. The summed E-state index contributed by atoms with van der Waals surface area (Å²) in [5, 5.41) is 3.94. The number of nitrogens with one attached hydrogen (secondary N) is 1. The first kappa shape index (κ1) is 21.3. The number of urea groups is 1. The highest BCUT2D eigenvalue weighted by Crippen LogP contribution is 2.28. The Morgan fingerprint density at radius 3 is 2.48 bits per heavy atom. The van der Waals surface area contributed by atoms with Crippen LogP contribution >= 0.6 is 22.9 Å². The Morgan fingerprint density at radius 1 is 1.13 bits per heavy atom. The molecule has 1 aliphatic heterocycles. The molecule has 4 rings (SSSR count). The fourth-order valence-electron chi connectivity index (χ4n) is 3.54. The molecule has 10 heteroatoms. The molecular formula is C21H22ClN5O3S. The number of amides is 3. The maximum absolute atomic E-state index is 13.1. The van der Waals surface area contributed by atoms with Crippen LogP contribution in [0, 0.1) is 13.8 Å². The maximum atomic E-state index is 13.1. The van der Waals surface area contributed by atoms with Gasteiger partial charge in [0, 0.05) is 43.9 Å². The van der Waals surface area contributed by atoms with E-state index in [1.54, 1.807) is 35.9 Å². The Morgan fingerprint density at radius 2 is 1.81 bits per heavy atom. The minimum atomic E-state index is -0.224. The molecule has 1 aliphatic rings. The van der Waals surface area contributed by atoms with Crippen LogP contribution in [0.4, 0.5) is 10.5 Å². The molecule has 162 valence electrons. The van der Waals surface area contributed by atoms with Crippen LogP contribution < -0.4 is 10.9 Å². The van der Waals surface area contributed by atoms with E-state index in [0.717, 1.165) is 5.56 Å². The summed E-state index contributed by atoms with van der Waals surface area (Å²) < 4.78 is 1.41. The first-order chi connectivity index (χ1) is 14.8. The maximum Gasteiger partial charge on any atom is 0.321 e. The van der Waals surface area contributed by atoms with Crippen LogP contribution in [0.25, 0.3) is 10.2 Å². The van der Waals surface area contributed by atoms with Crippen LogP contribution in [-0.4, -0.2) is 57.5 Å². The van der Waals surface area contributed by atoms with Crippen molar-refractivity contribution < 1.29 is 9.59 Å². The summed E-state index contributed by atoms with van der Waals surface area (Å²) in [6.45, 7) is 5.35. The zero-order chi connectivity index (χ0) is 22.3. The van der Waals surface area contributed by atoms with E-state index in [9.17, 15) is 14.4 Å². The highest BCUT2D eigenvalue weighted by Gasteiger charge is 2.28. The zero-order valence-electron chi connectivity index (χ0n) is 17.4. The van der Waals surface area contributed by atoms with Crippen LogP contribution in [0.5, 0.6) is 0 Å². The zero-order valence-corrected chi connectivity index (χ0v) is 19.0. The summed E-state index contributed by atoms with van der Waals surface area (Å²) in [6, 6.07) is 5.15. The molecule has 3 amide bonds. The first-order valence-corrected chi connectivity index (χ1v) is 11.0. The van der Waals surface area contributed by atoms with E-state index in [0.29, 0.717) is 57.5 Å². The number of halogens is 1. The van der Waals surface area contributed by atoms with Gasteiger partial charge < -0.3 is 19.7 Å². The van der Waals surface area contributed by atoms with Crippen LogP contribution in [0.2, 0.25) is 5.02 Å². The Labute approximate surface area is 188 Å². The van der Waals surface area contributed by atoms with E-state index in [1.807, 2.05) is 13.0 Å². The molecule has 1 fully saturated rings. The molecule has 3 heterocycles. The molecule has 8 nitrogen and oxygen atoms in total. The van der Waals surface area contributed by atoms with Crippen molar-refractivity contribution in [1.29, 1.82) is 0 Å². The van der Waals surface area contributed by atoms with Gasteiger partial charge in [-0.3, -0.25) is 9.59 Å². The number of aromatic nitrogens is 2. The smallest absolute Gasteiger partial charge is 0.321 e.